The van der Waals surface area contributed by atoms with Crippen LogP contribution in [0.15, 0.2) is 0 Å². The third-order valence-corrected chi connectivity index (χ3v) is 4.35. The van der Waals surface area contributed by atoms with Crippen LogP contribution in [0, 0.1) is 17.8 Å². The topological polar surface area (TPSA) is 78.4 Å². The Morgan fingerprint density at radius 3 is 2.58 bits per heavy atom. The average molecular weight is 270 g/mol. The second kappa shape index (κ2) is 7.36. The van der Waals surface area contributed by atoms with Crippen LogP contribution in [0.5, 0.6) is 0 Å². The summed E-state index contributed by atoms with van der Waals surface area (Å²) in [5, 5.41) is 14.5. The van der Waals surface area contributed by atoms with Crippen molar-refractivity contribution in [3.8, 4) is 0 Å². The molecule has 110 valence electrons. The fourth-order valence-corrected chi connectivity index (χ4v) is 2.77. The smallest absolute Gasteiger partial charge is 0.315 e. The number of carbonyl (C=O) groups is 2. The predicted molar refractivity (Wildman–Crippen MR) is 73.9 cm³/mol. The van der Waals surface area contributed by atoms with Crippen LogP contribution in [0.2, 0.25) is 0 Å². The second-order valence-corrected chi connectivity index (χ2v) is 5.64. The van der Waals surface area contributed by atoms with Gasteiger partial charge in [-0.3, -0.25) is 4.79 Å². The maximum atomic E-state index is 11.7. The van der Waals surface area contributed by atoms with E-state index in [1.807, 2.05) is 0 Å². The quantitative estimate of drug-likeness (QED) is 0.692. The summed E-state index contributed by atoms with van der Waals surface area (Å²) in [6, 6.07) is 0.0769. The fourth-order valence-electron chi connectivity index (χ4n) is 2.77. The molecule has 1 aliphatic rings. The molecule has 1 saturated carbocycles. The highest BCUT2D eigenvalue weighted by molar-refractivity contribution is 5.74. The first-order chi connectivity index (χ1) is 8.95. The van der Waals surface area contributed by atoms with Crippen molar-refractivity contribution in [3.63, 3.8) is 0 Å². The minimum absolute atomic E-state index is 0.175. The normalized spacial score (nSPS) is 27.8. The molecule has 0 aromatic rings. The average Bonchev–Trinajstić information content (AvgIpc) is 2.70. The van der Waals surface area contributed by atoms with E-state index in [2.05, 4.69) is 24.5 Å². The van der Waals surface area contributed by atoms with E-state index in [1.54, 1.807) is 6.92 Å². The summed E-state index contributed by atoms with van der Waals surface area (Å²) in [5.41, 5.74) is 0. The van der Waals surface area contributed by atoms with E-state index in [-0.39, 0.29) is 12.1 Å². The van der Waals surface area contributed by atoms with Crippen LogP contribution in [-0.4, -0.2) is 29.7 Å². The van der Waals surface area contributed by atoms with Crippen molar-refractivity contribution in [1.29, 1.82) is 0 Å². The van der Waals surface area contributed by atoms with Crippen molar-refractivity contribution in [3.05, 3.63) is 0 Å². The van der Waals surface area contributed by atoms with Crippen molar-refractivity contribution in [2.24, 2.45) is 17.8 Å². The Hall–Kier alpha value is -1.26. The van der Waals surface area contributed by atoms with E-state index >= 15 is 0 Å². The SMILES string of the molecule is CCC1CCC(NC(=O)NCCC(C)C(=O)O)C1C. The van der Waals surface area contributed by atoms with Crippen LogP contribution < -0.4 is 10.6 Å². The zero-order valence-corrected chi connectivity index (χ0v) is 12.1. The Labute approximate surface area is 115 Å². The monoisotopic (exact) mass is 270 g/mol. The van der Waals surface area contributed by atoms with Crippen LogP contribution in [0.4, 0.5) is 4.79 Å². The Bertz CT molecular complexity index is 320. The molecular weight excluding hydrogens is 244 g/mol. The molecule has 5 nitrogen and oxygen atoms in total. The van der Waals surface area contributed by atoms with Crippen LogP contribution in [0.1, 0.15) is 46.5 Å². The molecule has 4 atom stereocenters. The van der Waals surface area contributed by atoms with Crippen LogP contribution in [-0.2, 0) is 4.79 Å². The lowest BCUT2D eigenvalue weighted by molar-refractivity contribution is -0.141. The number of urea groups is 1. The summed E-state index contributed by atoms with van der Waals surface area (Å²) >= 11 is 0. The van der Waals surface area contributed by atoms with Gasteiger partial charge >= 0.3 is 12.0 Å². The van der Waals surface area contributed by atoms with Gasteiger partial charge < -0.3 is 15.7 Å². The zero-order valence-electron chi connectivity index (χ0n) is 12.1. The number of carboxylic acid groups (broad SMARTS) is 1. The first-order valence-corrected chi connectivity index (χ1v) is 7.22. The number of hydrogen-bond donors (Lipinski definition) is 3. The Morgan fingerprint density at radius 2 is 2.05 bits per heavy atom. The molecule has 5 heteroatoms. The molecule has 0 aliphatic heterocycles. The third-order valence-electron chi connectivity index (χ3n) is 4.35. The minimum atomic E-state index is -0.822. The van der Waals surface area contributed by atoms with Crippen molar-refractivity contribution < 1.29 is 14.7 Å². The number of hydrogen-bond acceptors (Lipinski definition) is 2. The molecule has 0 heterocycles. The molecule has 0 spiro atoms. The summed E-state index contributed by atoms with van der Waals surface area (Å²) < 4.78 is 0. The highest BCUT2D eigenvalue weighted by Gasteiger charge is 2.32. The Balaban J connectivity index is 2.23. The van der Waals surface area contributed by atoms with Crippen molar-refractivity contribution in [1.82, 2.24) is 10.6 Å². The van der Waals surface area contributed by atoms with Crippen molar-refractivity contribution >= 4 is 12.0 Å². The first-order valence-electron chi connectivity index (χ1n) is 7.22. The number of nitrogens with one attached hydrogen (secondary N) is 2. The minimum Gasteiger partial charge on any atom is -0.481 e. The molecule has 19 heavy (non-hydrogen) atoms. The fraction of sp³-hybridized carbons (Fsp3) is 0.857. The Kier molecular flexibility index (Phi) is 6.12. The lowest BCUT2D eigenvalue weighted by atomic mass is 9.94. The van der Waals surface area contributed by atoms with Crippen LogP contribution >= 0.6 is 0 Å². The maximum absolute atomic E-state index is 11.7. The molecule has 1 fully saturated rings. The molecule has 0 saturated heterocycles. The molecule has 0 aromatic carbocycles. The summed E-state index contributed by atoms with van der Waals surface area (Å²) in [5.74, 6) is -0.0152. The molecule has 3 N–H and O–H groups in total. The summed E-state index contributed by atoms with van der Waals surface area (Å²) in [4.78, 5) is 22.4. The molecule has 4 unspecified atom stereocenters. The van der Waals surface area contributed by atoms with Crippen LogP contribution in [0.25, 0.3) is 0 Å². The van der Waals surface area contributed by atoms with Gasteiger partial charge in [-0.2, -0.15) is 0 Å². The standard InChI is InChI=1S/C14H26N2O3/c1-4-11-5-6-12(10(11)3)16-14(19)15-8-7-9(2)13(17)18/h9-12H,4-8H2,1-3H3,(H,17,18)(H2,15,16,19). The van der Waals surface area contributed by atoms with E-state index in [4.69, 9.17) is 5.11 Å². The van der Waals surface area contributed by atoms with Gasteiger partial charge in [0.2, 0.25) is 0 Å². The van der Waals surface area contributed by atoms with Gasteiger partial charge in [-0.05, 0) is 31.1 Å². The molecule has 0 aromatic heterocycles. The molecule has 0 bridgehead atoms. The largest absolute Gasteiger partial charge is 0.481 e. The number of aliphatic carboxylic acids is 1. The second-order valence-electron chi connectivity index (χ2n) is 5.64. The zero-order chi connectivity index (χ0) is 14.4. The van der Waals surface area contributed by atoms with Gasteiger partial charge in [-0.1, -0.05) is 27.2 Å². The lowest BCUT2D eigenvalue weighted by Gasteiger charge is -2.21. The molecule has 1 rings (SSSR count). The molecule has 1 aliphatic carbocycles. The lowest BCUT2D eigenvalue weighted by Crippen LogP contribution is -2.44. The van der Waals surface area contributed by atoms with Crippen molar-refractivity contribution in [2.45, 2.75) is 52.5 Å². The Morgan fingerprint density at radius 1 is 1.37 bits per heavy atom. The summed E-state index contributed by atoms with van der Waals surface area (Å²) in [6.07, 6.45) is 3.84. The van der Waals surface area contributed by atoms with Gasteiger partial charge in [-0.25, -0.2) is 4.79 Å². The van der Waals surface area contributed by atoms with Crippen LogP contribution in [0.3, 0.4) is 0 Å². The maximum Gasteiger partial charge on any atom is 0.315 e. The van der Waals surface area contributed by atoms with Gasteiger partial charge in [0.15, 0.2) is 0 Å². The molecule has 0 radical (unpaired) electrons. The van der Waals surface area contributed by atoms with E-state index in [0.717, 1.165) is 12.8 Å². The van der Waals surface area contributed by atoms with Gasteiger partial charge in [0.05, 0.1) is 5.92 Å². The van der Waals surface area contributed by atoms with Gasteiger partial charge in [0.1, 0.15) is 0 Å². The van der Waals surface area contributed by atoms with Gasteiger partial charge in [-0.15, -0.1) is 0 Å². The number of rotatable bonds is 6. The number of amides is 2. The highest BCUT2D eigenvalue weighted by atomic mass is 16.4. The molecule has 2 amide bonds. The predicted octanol–water partition coefficient (Wildman–Crippen LogP) is 2.22. The third kappa shape index (κ3) is 4.73. The number of carboxylic acids is 1. The van der Waals surface area contributed by atoms with Crippen molar-refractivity contribution in [2.75, 3.05) is 6.54 Å². The number of carbonyl (C=O) groups excluding carboxylic acids is 1. The van der Waals surface area contributed by atoms with E-state index in [9.17, 15) is 9.59 Å². The van der Waals surface area contributed by atoms with E-state index in [0.29, 0.717) is 24.8 Å². The van der Waals surface area contributed by atoms with Gasteiger partial charge in [0.25, 0.3) is 0 Å². The molecular formula is C14H26N2O3. The summed E-state index contributed by atoms with van der Waals surface area (Å²) in [7, 11) is 0. The van der Waals surface area contributed by atoms with Gasteiger partial charge in [0, 0.05) is 12.6 Å². The first kappa shape index (κ1) is 15.8. The highest BCUT2D eigenvalue weighted by Crippen LogP contribution is 2.33. The van der Waals surface area contributed by atoms with E-state index < -0.39 is 11.9 Å². The summed E-state index contributed by atoms with van der Waals surface area (Å²) in [6.45, 7) is 6.43. The van der Waals surface area contributed by atoms with E-state index in [1.165, 1.54) is 6.42 Å².